The van der Waals surface area contributed by atoms with Gasteiger partial charge in [-0.2, -0.15) is 0 Å². The summed E-state index contributed by atoms with van der Waals surface area (Å²) in [5.41, 5.74) is 0. The summed E-state index contributed by atoms with van der Waals surface area (Å²) in [7, 11) is 1.54. The first-order valence-electron chi connectivity index (χ1n) is 2.10. The van der Waals surface area contributed by atoms with E-state index >= 15 is 0 Å². The zero-order chi connectivity index (χ0) is 7.54. The molecule has 0 unspecified atom stereocenters. The Morgan fingerprint density at radius 3 is 2.11 bits per heavy atom. The molecule has 55 valence electrons. The van der Waals surface area contributed by atoms with Crippen molar-refractivity contribution in [3.05, 3.63) is 0 Å². The van der Waals surface area contributed by atoms with Gasteiger partial charge >= 0.3 is 26.5 Å². The molecule has 0 aromatic rings. The van der Waals surface area contributed by atoms with Crippen LogP contribution in [0.5, 0.6) is 0 Å². The molecule has 0 aliphatic rings. The summed E-state index contributed by atoms with van der Waals surface area (Å²) in [6, 6.07) is 0. The van der Waals surface area contributed by atoms with Gasteiger partial charge in [0.05, 0.1) is 6.61 Å². The Morgan fingerprint density at radius 2 is 2.00 bits per heavy atom. The molecule has 0 amide bonds. The van der Waals surface area contributed by atoms with Gasteiger partial charge in [0, 0.05) is 7.11 Å². The van der Waals surface area contributed by atoms with Crippen molar-refractivity contribution in [3.63, 3.8) is 0 Å². The molecule has 9 heavy (non-hydrogen) atoms. The third kappa shape index (κ3) is 30.0. The normalized spacial score (nSPS) is 7.00. The summed E-state index contributed by atoms with van der Waals surface area (Å²) in [5.74, 6) is 0. The standard InChI is InChI=1S/C3H8O3.H2O.O.Ti/c1-5-2-3-6-4;;;/h4H,2-3H2,1H3;1H2;;/q;;;+1/p-1. The van der Waals surface area contributed by atoms with Gasteiger partial charge in [0.15, 0.2) is 0 Å². The van der Waals surface area contributed by atoms with Crippen LogP contribution in [-0.4, -0.2) is 29.3 Å². The molecule has 6 heteroatoms. The van der Waals surface area contributed by atoms with Crippen LogP contribution in [0, 0.1) is 0 Å². The number of methoxy groups -OCH3 is 1. The molecule has 5 nitrogen and oxygen atoms in total. The van der Waals surface area contributed by atoms with Gasteiger partial charge in [-0.15, -0.1) is 0 Å². The Labute approximate surface area is 62.2 Å². The van der Waals surface area contributed by atoms with Gasteiger partial charge in [0.25, 0.3) is 0 Å². The van der Waals surface area contributed by atoms with E-state index in [0.29, 0.717) is 6.61 Å². The molecule has 2 N–H and O–H groups in total. The Balaban J connectivity index is 0. The summed E-state index contributed by atoms with van der Waals surface area (Å²) < 4.78 is 20.2. The molecular weight excluding hydrogens is 164 g/mol. The Hall–Kier alpha value is 0.354. The molecule has 0 aromatic heterocycles. The molecule has 0 saturated heterocycles. The average molecular weight is 173 g/mol. The van der Waals surface area contributed by atoms with E-state index in [1.165, 1.54) is 0 Å². The van der Waals surface area contributed by atoms with E-state index in [4.69, 9.17) is 12.3 Å². The number of ether oxygens (including phenoxy) is 1. The molecule has 0 aliphatic heterocycles. The molecular formula is C3H9O5Ti. The molecule has 0 bridgehead atoms. The van der Waals surface area contributed by atoms with Gasteiger partial charge in [0.2, 0.25) is 0 Å². The van der Waals surface area contributed by atoms with Crippen LogP contribution in [0.2, 0.25) is 0 Å². The Kier molecular flexibility index (Phi) is 21.1. The van der Waals surface area contributed by atoms with Crippen molar-refractivity contribution in [2.75, 3.05) is 20.3 Å². The van der Waals surface area contributed by atoms with Crippen molar-refractivity contribution >= 4 is 0 Å². The molecule has 0 atom stereocenters. The number of hydrogen-bond donors (Lipinski definition) is 2. The van der Waals surface area contributed by atoms with E-state index in [9.17, 15) is 0 Å². The minimum atomic E-state index is -1.75. The fourth-order valence-electron chi connectivity index (χ4n) is 0.121. The zero-order valence-electron chi connectivity index (χ0n) is 5.03. The maximum absolute atomic E-state index is 8.61. The van der Waals surface area contributed by atoms with Gasteiger partial charge in [-0.25, -0.2) is 4.89 Å². The fraction of sp³-hybridized carbons (Fsp3) is 1.00. The summed E-state index contributed by atoms with van der Waals surface area (Å²) >= 11 is -1.75. The van der Waals surface area contributed by atoms with Crippen molar-refractivity contribution in [1.29, 1.82) is 0 Å². The third-order valence-corrected chi connectivity index (χ3v) is 0.379. The van der Waals surface area contributed by atoms with E-state index in [-0.39, 0.29) is 6.61 Å². The van der Waals surface area contributed by atoms with Crippen LogP contribution < -0.4 is 0 Å². The summed E-state index contributed by atoms with van der Waals surface area (Å²) in [6.07, 6.45) is 0. The first kappa shape index (κ1) is 12.1. The number of rotatable bonds is 3. The van der Waals surface area contributed by atoms with Crippen molar-refractivity contribution < 1.29 is 41.4 Å². The Morgan fingerprint density at radius 1 is 1.56 bits per heavy atom. The second kappa shape index (κ2) is 15.8. The monoisotopic (exact) mass is 173 g/mol. The van der Waals surface area contributed by atoms with E-state index < -0.39 is 19.5 Å². The van der Waals surface area contributed by atoms with Crippen molar-refractivity contribution in [1.82, 2.24) is 0 Å². The van der Waals surface area contributed by atoms with E-state index in [1.54, 1.807) is 7.11 Å². The molecule has 0 spiro atoms. The maximum atomic E-state index is 8.61. The first-order valence-corrected chi connectivity index (χ1v) is 3.43. The molecule has 0 saturated carbocycles. The van der Waals surface area contributed by atoms with E-state index in [0.717, 1.165) is 0 Å². The quantitative estimate of drug-likeness (QED) is 0.259. The summed E-state index contributed by atoms with van der Waals surface area (Å²) in [5, 5.41) is 7.62. The fourth-order valence-corrected chi connectivity index (χ4v) is 0.121. The van der Waals surface area contributed by atoms with Gasteiger partial charge in [-0.05, 0) is 0 Å². The topological polar surface area (TPSA) is 76.0 Å². The van der Waals surface area contributed by atoms with Crippen LogP contribution in [0.1, 0.15) is 0 Å². The molecule has 0 radical (unpaired) electrons. The third-order valence-electron chi connectivity index (χ3n) is 0.379. The van der Waals surface area contributed by atoms with Crippen molar-refractivity contribution in [3.8, 4) is 0 Å². The molecule has 0 fully saturated rings. The number of hydrogen-bond acceptors (Lipinski definition) is 4. The van der Waals surface area contributed by atoms with Gasteiger partial charge in [-0.1, -0.05) is 0 Å². The minimum absolute atomic E-state index is 0.247. The van der Waals surface area contributed by atoms with Crippen molar-refractivity contribution in [2.24, 2.45) is 0 Å². The second-order valence-corrected chi connectivity index (χ2v) is 1.20. The Bertz CT molecular complexity index is 45.5. The predicted molar refractivity (Wildman–Crippen MR) is 23.4 cm³/mol. The summed E-state index contributed by atoms with van der Waals surface area (Å²) in [4.78, 5) is 3.66. The first-order chi connectivity index (χ1) is 4.33. The van der Waals surface area contributed by atoms with Crippen LogP contribution in [0.25, 0.3) is 0 Å². The SMILES string of the molecule is COCCOO.[O]=[Ti][OH]. The second-order valence-electron chi connectivity index (χ2n) is 0.917. The van der Waals surface area contributed by atoms with Crippen LogP contribution in [0.15, 0.2) is 0 Å². The van der Waals surface area contributed by atoms with Crippen LogP contribution >= 0.6 is 0 Å². The van der Waals surface area contributed by atoms with Crippen LogP contribution in [-0.2, 0) is 32.5 Å². The molecule has 0 aliphatic carbocycles. The molecule has 0 heterocycles. The van der Waals surface area contributed by atoms with Gasteiger partial charge in [-0.3, -0.25) is 5.26 Å². The van der Waals surface area contributed by atoms with Crippen molar-refractivity contribution in [2.45, 2.75) is 0 Å². The molecule has 0 rings (SSSR count). The van der Waals surface area contributed by atoms with E-state index in [2.05, 4.69) is 9.62 Å². The van der Waals surface area contributed by atoms with Gasteiger partial charge < -0.3 is 4.74 Å². The van der Waals surface area contributed by atoms with Crippen LogP contribution in [0.3, 0.4) is 0 Å². The van der Waals surface area contributed by atoms with E-state index in [1.807, 2.05) is 0 Å². The van der Waals surface area contributed by atoms with Crippen LogP contribution in [0.4, 0.5) is 0 Å². The van der Waals surface area contributed by atoms with Gasteiger partial charge in [0.1, 0.15) is 6.61 Å². The summed E-state index contributed by atoms with van der Waals surface area (Å²) in [6.45, 7) is 0.688. The zero-order valence-corrected chi connectivity index (χ0v) is 6.59. The molecule has 0 aromatic carbocycles. The predicted octanol–water partition coefficient (Wildman–Crippen LogP) is -0.556. The average Bonchev–Trinajstić information content (AvgIpc) is 1.86.